The second-order valence-electron chi connectivity index (χ2n) is 3.40. The molecule has 0 radical (unpaired) electrons. The lowest BCUT2D eigenvalue weighted by atomic mass is 10.1. The number of halogens is 1. The molecule has 1 heterocycles. The van der Waals surface area contributed by atoms with E-state index in [0.29, 0.717) is 17.9 Å². The van der Waals surface area contributed by atoms with Crippen molar-refractivity contribution in [1.29, 1.82) is 0 Å². The molecular formula is C12H11FN2O2. The van der Waals surface area contributed by atoms with Gasteiger partial charge in [0.15, 0.2) is 0 Å². The number of rotatable bonds is 3. The lowest BCUT2D eigenvalue weighted by Gasteiger charge is -1.96. The number of ether oxygens (including phenoxy) is 1. The molecule has 1 N–H and O–H groups in total. The van der Waals surface area contributed by atoms with Crippen molar-refractivity contribution in [3.05, 3.63) is 41.8 Å². The van der Waals surface area contributed by atoms with Crippen LogP contribution in [0, 0.1) is 5.82 Å². The minimum atomic E-state index is -0.470. The van der Waals surface area contributed by atoms with Crippen molar-refractivity contribution in [1.82, 2.24) is 10.2 Å². The van der Waals surface area contributed by atoms with Crippen LogP contribution >= 0.6 is 0 Å². The van der Waals surface area contributed by atoms with Crippen LogP contribution in [0.5, 0.6) is 0 Å². The van der Waals surface area contributed by atoms with Gasteiger partial charge in [-0.05, 0) is 25.1 Å². The molecule has 5 heteroatoms. The summed E-state index contributed by atoms with van der Waals surface area (Å²) in [6.07, 6.45) is 0. The first kappa shape index (κ1) is 11.3. The first-order chi connectivity index (χ1) is 8.20. The predicted molar refractivity (Wildman–Crippen MR) is 59.9 cm³/mol. The van der Waals surface area contributed by atoms with Crippen molar-refractivity contribution in [2.24, 2.45) is 0 Å². The topological polar surface area (TPSA) is 55.0 Å². The molecule has 1 aromatic heterocycles. The van der Waals surface area contributed by atoms with Crippen molar-refractivity contribution in [3.63, 3.8) is 0 Å². The van der Waals surface area contributed by atoms with E-state index in [4.69, 9.17) is 4.74 Å². The Morgan fingerprint density at radius 2 is 2.29 bits per heavy atom. The summed E-state index contributed by atoms with van der Waals surface area (Å²) in [5.41, 5.74) is 1.37. The van der Waals surface area contributed by atoms with Crippen LogP contribution in [-0.2, 0) is 4.74 Å². The molecule has 2 aromatic rings. The normalized spacial score (nSPS) is 10.2. The first-order valence-electron chi connectivity index (χ1n) is 5.19. The van der Waals surface area contributed by atoms with E-state index in [2.05, 4.69) is 10.2 Å². The highest BCUT2D eigenvalue weighted by Gasteiger charge is 2.11. The van der Waals surface area contributed by atoms with Gasteiger partial charge in [-0.15, -0.1) is 0 Å². The van der Waals surface area contributed by atoms with Crippen LogP contribution in [0.25, 0.3) is 11.3 Å². The smallest absolute Gasteiger partial charge is 0.356 e. The number of hydrogen-bond donors (Lipinski definition) is 1. The van der Waals surface area contributed by atoms with Crippen LogP contribution in [0.4, 0.5) is 4.39 Å². The average Bonchev–Trinajstić information content (AvgIpc) is 2.78. The van der Waals surface area contributed by atoms with Gasteiger partial charge < -0.3 is 4.74 Å². The lowest BCUT2D eigenvalue weighted by molar-refractivity contribution is 0.0519. The maximum Gasteiger partial charge on any atom is 0.356 e. The van der Waals surface area contributed by atoms with E-state index in [9.17, 15) is 9.18 Å². The lowest BCUT2D eigenvalue weighted by Crippen LogP contribution is -2.04. The van der Waals surface area contributed by atoms with Crippen molar-refractivity contribution in [2.75, 3.05) is 6.61 Å². The van der Waals surface area contributed by atoms with E-state index in [1.807, 2.05) is 0 Å². The Kier molecular flexibility index (Phi) is 3.18. The van der Waals surface area contributed by atoms with Crippen LogP contribution in [0.2, 0.25) is 0 Å². The van der Waals surface area contributed by atoms with E-state index >= 15 is 0 Å². The van der Waals surface area contributed by atoms with E-state index in [1.54, 1.807) is 19.1 Å². The Hall–Kier alpha value is -2.17. The fraction of sp³-hybridized carbons (Fsp3) is 0.167. The highest BCUT2D eigenvalue weighted by atomic mass is 19.1. The van der Waals surface area contributed by atoms with Gasteiger partial charge >= 0.3 is 5.97 Å². The zero-order valence-corrected chi connectivity index (χ0v) is 9.24. The SMILES string of the molecule is CCOC(=O)c1cc(-c2cccc(F)c2)n[nH]1. The van der Waals surface area contributed by atoms with Gasteiger partial charge in [0.1, 0.15) is 11.5 Å². The summed E-state index contributed by atoms with van der Waals surface area (Å²) in [5.74, 6) is -0.814. The highest BCUT2D eigenvalue weighted by Crippen LogP contribution is 2.18. The van der Waals surface area contributed by atoms with Crippen LogP contribution in [0.1, 0.15) is 17.4 Å². The average molecular weight is 234 g/mol. The van der Waals surface area contributed by atoms with Gasteiger partial charge in [0.05, 0.1) is 12.3 Å². The third-order valence-electron chi connectivity index (χ3n) is 2.19. The number of carbonyl (C=O) groups is 1. The number of aromatic nitrogens is 2. The van der Waals surface area contributed by atoms with Crippen LogP contribution in [-0.4, -0.2) is 22.8 Å². The number of esters is 1. The fourth-order valence-electron chi connectivity index (χ4n) is 1.43. The highest BCUT2D eigenvalue weighted by molar-refractivity contribution is 5.88. The van der Waals surface area contributed by atoms with Gasteiger partial charge in [-0.2, -0.15) is 5.10 Å². The summed E-state index contributed by atoms with van der Waals surface area (Å²) in [7, 11) is 0. The molecule has 1 aromatic carbocycles. The Morgan fingerprint density at radius 1 is 1.47 bits per heavy atom. The van der Waals surface area contributed by atoms with Gasteiger partial charge in [-0.1, -0.05) is 12.1 Å². The first-order valence-corrected chi connectivity index (χ1v) is 5.19. The molecular weight excluding hydrogens is 223 g/mol. The molecule has 0 aliphatic heterocycles. The predicted octanol–water partition coefficient (Wildman–Crippen LogP) is 2.39. The van der Waals surface area contributed by atoms with Crippen molar-refractivity contribution in [2.45, 2.75) is 6.92 Å². The Bertz CT molecular complexity index is 537. The number of hydrogen-bond acceptors (Lipinski definition) is 3. The number of nitrogens with zero attached hydrogens (tertiary/aromatic N) is 1. The Morgan fingerprint density at radius 3 is 3.00 bits per heavy atom. The van der Waals surface area contributed by atoms with Crippen molar-refractivity contribution >= 4 is 5.97 Å². The number of H-pyrrole nitrogens is 1. The third-order valence-corrected chi connectivity index (χ3v) is 2.19. The minimum absolute atomic E-state index is 0.256. The quantitative estimate of drug-likeness (QED) is 0.829. The molecule has 0 fully saturated rings. The maximum atomic E-state index is 13.0. The number of carbonyl (C=O) groups excluding carboxylic acids is 1. The standard InChI is InChI=1S/C12H11FN2O2/c1-2-17-12(16)11-7-10(14-15-11)8-4-3-5-9(13)6-8/h3-7H,2H2,1H3,(H,14,15). The number of benzene rings is 1. The monoisotopic (exact) mass is 234 g/mol. The van der Waals surface area contributed by atoms with Gasteiger partial charge in [0, 0.05) is 5.56 Å². The van der Waals surface area contributed by atoms with Crippen LogP contribution in [0.15, 0.2) is 30.3 Å². The molecule has 88 valence electrons. The molecule has 2 rings (SSSR count). The molecule has 17 heavy (non-hydrogen) atoms. The van der Waals surface area contributed by atoms with Crippen LogP contribution < -0.4 is 0 Å². The summed E-state index contributed by atoms with van der Waals surface area (Å²) in [4.78, 5) is 11.4. The van der Waals surface area contributed by atoms with E-state index < -0.39 is 5.97 Å². The molecule has 0 amide bonds. The van der Waals surface area contributed by atoms with Crippen molar-refractivity contribution < 1.29 is 13.9 Å². The summed E-state index contributed by atoms with van der Waals surface area (Å²) < 4.78 is 17.8. The molecule has 4 nitrogen and oxygen atoms in total. The zero-order valence-electron chi connectivity index (χ0n) is 9.24. The van der Waals surface area contributed by atoms with E-state index in [0.717, 1.165) is 0 Å². The molecule has 0 saturated heterocycles. The molecule has 0 bridgehead atoms. The molecule has 0 unspecified atom stereocenters. The molecule has 0 spiro atoms. The van der Waals surface area contributed by atoms with Gasteiger partial charge in [-0.25, -0.2) is 9.18 Å². The Labute approximate surface area is 97.4 Å². The van der Waals surface area contributed by atoms with E-state index in [1.165, 1.54) is 18.2 Å². The fourth-order valence-corrected chi connectivity index (χ4v) is 1.43. The van der Waals surface area contributed by atoms with Crippen molar-refractivity contribution in [3.8, 4) is 11.3 Å². The molecule has 0 aliphatic rings. The molecule has 0 aliphatic carbocycles. The summed E-state index contributed by atoms with van der Waals surface area (Å²) >= 11 is 0. The number of aromatic amines is 1. The van der Waals surface area contributed by atoms with Gasteiger partial charge in [0.2, 0.25) is 0 Å². The van der Waals surface area contributed by atoms with E-state index in [-0.39, 0.29) is 11.5 Å². The Balaban J connectivity index is 2.27. The summed E-state index contributed by atoms with van der Waals surface area (Å²) in [5, 5.41) is 6.50. The largest absolute Gasteiger partial charge is 0.461 e. The number of nitrogens with one attached hydrogen (secondary N) is 1. The molecule has 0 saturated carbocycles. The maximum absolute atomic E-state index is 13.0. The summed E-state index contributed by atoms with van der Waals surface area (Å²) in [6, 6.07) is 7.54. The second-order valence-corrected chi connectivity index (χ2v) is 3.40. The summed E-state index contributed by atoms with van der Waals surface area (Å²) in [6.45, 7) is 2.02. The third kappa shape index (κ3) is 2.50. The van der Waals surface area contributed by atoms with Gasteiger partial charge in [-0.3, -0.25) is 5.10 Å². The second kappa shape index (κ2) is 4.78. The van der Waals surface area contributed by atoms with Crippen LogP contribution in [0.3, 0.4) is 0 Å². The molecule has 0 atom stereocenters. The minimum Gasteiger partial charge on any atom is -0.461 e. The van der Waals surface area contributed by atoms with Gasteiger partial charge in [0.25, 0.3) is 0 Å². The zero-order chi connectivity index (χ0) is 12.3.